The quantitative estimate of drug-likeness (QED) is 0.616. The molecule has 3 aromatic rings. The number of rotatable bonds is 5. The van der Waals surface area contributed by atoms with Gasteiger partial charge in [0.2, 0.25) is 0 Å². The fourth-order valence-electron chi connectivity index (χ4n) is 2.25. The van der Waals surface area contributed by atoms with E-state index < -0.39 is 5.92 Å². The van der Waals surface area contributed by atoms with E-state index in [0.29, 0.717) is 0 Å². The summed E-state index contributed by atoms with van der Waals surface area (Å²) in [6, 6.07) is 16.5. The van der Waals surface area contributed by atoms with E-state index >= 15 is 0 Å². The Bertz CT molecular complexity index is 814. The molecule has 0 saturated heterocycles. The smallest absolute Gasteiger partial charge is 0.133 e. The number of nitrogens with zero attached hydrogens (tertiary/aromatic N) is 3. The van der Waals surface area contributed by atoms with E-state index in [0.717, 1.165) is 16.3 Å². The number of aliphatic imine (C=N–C) groups is 1. The Balaban J connectivity index is 1.91. The highest BCUT2D eigenvalue weighted by Crippen LogP contribution is 2.30. The molecule has 0 fully saturated rings. The number of thiophene rings is 1. The van der Waals surface area contributed by atoms with Crippen molar-refractivity contribution in [1.82, 2.24) is 4.98 Å². The normalized spacial score (nSPS) is 13.7. The average Bonchev–Trinajstić information content (AvgIpc) is 3.24. The molecule has 0 radical (unpaired) electrons. The minimum atomic E-state index is -0.403. The van der Waals surface area contributed by atoms with Crippen molar-refractivity contribution in [3.63, 3.8) is 0 Å². The van der Waals surface area contributed by atoms with Crippen LogP contribution in [0.15, 0.2) is 58.2 Å². The average molecular weight is 337 g/mol. The highest BCUT2D eigenvalue weighted by Gasteiger charge is 2.16. The van der Waals surface area contributed by atoms with E-state index in [2.05, 4.69) is 29.3 Å². The van der Waals surface area contributed by atoms with Crippen molar-refractivity contribution in [1.29, 1.82) is 5.26 Å². The number of nitriles is 1. The van der Waals surface area contributed by atoms with Gasteiger partial charge in [-0.2, -0.15) is 5.26 Å². The molecule has 0 aliphatic heterocycles. The molecule has 5 heteroatoms. The van der Waals surface area contributed by atoms with Gasteiger partial charge in [-0.1, -0.05) is 36.4 Å². The number of aryl methyl sites for hydroxylation is 1. The molecular formula is C18H15N3S2. The van der Waals surface area contributed by atoms with Gasteiger partial charge < -0.3 is 0 Å². The van der Waals surface area contributed by atoms with Crippen LogP contribution in [0.2, 0.25) is 0 Å². The van der Waals surface area contributed by atoms with E-state index in [1.807, 2.05) is 41.9 Å². The number of thiazole rings is 1. The van der Waals surface area contributed by atoms with Crippen molar-refractivity contribution in [3.8, 4) is 6.07 Å². The molecule has 3 nitrogen and oxygen atoms in total. The molecule has 1 aromatic carbocycles. The summed E-state index contributed by atoms with van der Waals surface area (Å²) in [6.45, 7) is 1.93. The molecule has 0 aliphatic rings. The summed E-state index contributed by atoms with van der Waals surface area (Å²) >= 11 is 3.18. The van der Waals surface area contributed by atoms with Crippen LogP contribution in [0.1, 0.15) is 33.1 Å². The van der Waals surface area contributed by atoms with Crippen LogP contribution < -0.4 is 0 Å². The van der Waals surface area contributed by atoms with Crippen LogP contribution in [0.3, 0.4) is 0 Å². The number of aromatic nitrogens is 1. The monoisotopic (exact) mass is 337 g/mol. The van der Waals surface area contributed by atoms with E-state index in [1.165, 1.54) is 16.2 Å². The first-order valence-electron chi connectivity index (χ1n) is 7.21. The highest BCUT2D eigenvalue weighted by atomic mass is 32.1. The van der Waals surface area contributed by atoms with Gasteiger partial charge in [0.05, 0.1) is 6.07 Å². The Morgan fingerprint density at radius 2 is 2.00 bits per heavy atom. The van der Waals surface area contributed by atoms with Gasteiger partial charge in [-0.15, -0.1) is 22.7 Å². The lowest BCUT2D eigenvalue weighted by Gasteiger charge is -2.11. The standard InChI is InChI=1S/C18H15N3S2/c1-13-12-23-18(21-13)15(10-19)11-20-17(16-8-5-9-22-16)14-6-3-2-4-7-14/h2-9,11-12,15,17H,1H3/t15-,17+/m1/s1. The zero-order valence-electron chi connectivity index (χ0n) is 12.6. The molecule has 0 unspecified atom stereocenters. The Morgan fingerprint density at radius 3 is 2.61 bits per heavy atom. The molecule has 114 valence electrons. The minimum Gasteiger partial charge on any atom is -0.282 e. The summed E-state index contributed by atoms with van der Waals surface area (Å²) in [5.74, 6) is -0.403. The predicted molar refractivity (Wildman–Crippen MR) is 96.3 cm³/mol. The van der Waals surface area contributed by atoms with Crippen molar-refractivity contribution in [2.75, 3.05) is 0 Å². The number of hydrogen-bond donors (Lipinski definition) is 0. The lowest BCUT2D eigenvalue weighted by atomic mass is 10.1. The maximum Gasteiger partial charge on any atom is 0.133 e. The molecule has 0 saturated carbocycles. The lowest BCUT2D eigenvalue weighted by molar-refractivity contribution is 0.890. The van der Waals surface area contributed by atoms with Crippen LogP contribution in [0, 0.1) is 18.3 Å². The van der Waals surface area contributed by atoms with Gasteiger partial charge >= 0.3 is 0 Å². The van der Waals surface area contributed by atoms with Crippen LogP contribution >= 0.6 is 22.7 Å². The highest BCUT2D eigenvalue weighted by molar-refractivity contribution is 7.10. The molecule has 0 bridgehead atoms. The first-order chi connectivity index (χ1) is 11.3. The molecule has 2 atom stereocenters. The Labute approximate surface area is 143 Å². The van der Waals surface area contributed by atoms with Crippen LogP contribution in [0.4, 0.5) is 0 Å². The van der Waals surface area contributed by atoms with Gasteiger partial charge in [0.25, 0.3) is 0 Å². The topological polar surface area (TPSA) is 49.0 Å². The molecule has 2 heterocycles. The Morgan fingerprint density at radius 1 is 1.17 bits per heavy atom. The molecule has 0 amide bonds. The molecular weight excluding hydrogens is 322 g/mol. The zero-order valence-corrected chi connectivity index (χ0v) is 14.2. The third-order valence-corrected chi connectivity index (χ3v) is 5.32. The fraction of sp³-hybridized carbons (Fsp3) is 0.167. The third kappa shape index (κ3) is 3.73. The zero-order chi connectivity index (χ0) is 16.1. The summed E-state index contributed by atoms with van der Waals surface area (Å²) in [5.41, 5.74) is 2.06. The first-order valence-corrected chi connectivity index (χ1v) is 8.97. The summed E-state index contributed by atoms with van der Waals surface area (Å²) in [5, 5.41) is 14.2. The maximum atomic E-state index is 9.43. The van der Waals surface area contributed by atoms with Crippen molar-refractivity contribution in [3.05, 3.63) is 74.4 Å². The second kappa shape index (κ2) is 7.32. The summed E-state index contributed by atoms with van der Waals surface area (Å²) in [4.78, 5) is 10.3. The van der Waals surface area contributed by atoms with E-state index in [1.54, 1.807) is 17.6 Å². The third-order valence-electron chi connectivity index (χ3n) is 3.35. The summed E-state index contributed by atoms with van der Waals surface area (Å²) in [6.07, 6.45) is 1.73. The van der Waals surface area contributed by atoms with Crippen LogP contribution in [0.25, 0.3) is 0 Å². The van der Waals surface area contributed by atoms with E-state index in [4.69, 9.17) is 4.99 Å². The predicted octanol–water partition coefficient (Wildman–Crippen LogP) is 4.98. The second-order valence-corrected chi connectivity index (χ2v) is 6.93. The van der Waals surface area contributed by atoms with Crippen LogP contribution in [-0.2, 0) is 0 Å². The largest absolute Gasteiger partial charge is 0.282 e. The molecule has 3 rings (SSSR count). The van der Waals surface area contributed by atoms with Gasteiger partial charge in [0.1, 0.15) is 17.0 Å². The van der Waals surface area contributed by atoms with Gasteiger partial charge in [-0.3, -0.25) is 4.99 Å². The molecule has 0 spiro atoms. The number of hydrogen-bond acceptors (Lipinski definition) is 5. The van der Waals surface area contributed by atoms with E-state index in [-0.39, 0.29) is 6.04 Å². The van der Waals surface area contributed by atoms with Crippen molar-refractivity contribution < 1.29 is 0 Å². The van der Waals surface area contributed by atoms with Crippen LogP contribution in [-0.4, -0.2) is 11.2 Å². The fourth-order valence-corrected chi connectivity index (χ4v) is 3.84. The summed E-state index contributed by atoms with van der Waals surface area (Å²) in [7, 11) is 0. The van der Waals surface area contributed by atoms with Crippen molar-refractivity contribution >= 4 is 28.9 Å². The maximum absolute atomic E-state index is 9.43. The Hall–Kier alpha value is -2.29. The van der Waals surface area contributed by atoms with Crippen LogP contribution in [0.5, 0.6) is 0 Å². The lowest BCUT2D eigenvalue weighted by Crippen LogP contribution is -2.01. The SMILES string of the molecule is Cc1csc([C@H](C#N)C=N[C@@H](c2ccccc2)c2cccs2)n1. The van der Waals surface area contributed by atoms with Gasteiger partial charge in [0, 0.05) is 22.2 Å². The van der Waals surface area contributed by atoms with E-state index in [9.17, 15) is 5.26 Å². The van der Waals surface area contributed by atoms with Crippen molar-refractivity contribution in [2.24, 2.45) is 4.99 Å². The van der Waals surface area contributed by atoms with Crippen molar-refractivity contribution in [2.45, 2.75) is 18.9 Å². The molecule has 0 N–H and O–H groups in total. The first kappa shape index (κ1) is 15.6. The molecule has 2 aromatic heterocycles. The molecule has 23 heavy (non-hydrogen) atoms. The summed E-state index contributed by atoms with van der Waals surface area (Å²) < 4.78 is 0. The van der Waals surface area contributed by atoms with Gasteiger partial charge in [0.15, 0.2) is 0 Å². The second-order valence-electron chi connectivity index (χ2n) is 5.06. The molecule has 0 aliphatic carbocycles. The number of benzene rings is 1. The van der Waals surface area contributed by atoms with Gasteiger partial charge in [-0.05, 0) is 23.9 Å². The van der Waals surface area contributed by atoms with Gasteiger partial charge in [-0.25, -0.2) is 4.98 Å². The minimum absolute atomic E-state index is 0.0758. The Kier molecular flexibility index (Phi) is 4.96.